The van der Waals surface area contributed by atoms with Crippen LogP contribution in [0, 0.1) is 0 Å². The minimum absolute atomic E-state index is 0.0377. The second-order valence-electron chi connectivity index (χ2n) is 8.00. The number of aromatic amines is 1. The standard InChI is InChI=1S/C23H25Cl2N5O4/c1-11(31)28-14-4-5-26-10-16(14)29-19-7-13-12(9-27-19)6-15(30-23(13)32)20-21(24)17(33-2)8-18(34-3)22(20)25/h6-9,14,16,26H,4-5,10H2,1-3H3,(H,27,29)(H,28,31)(H,30,32)/t14-,16+/m0/s1. The summed E-state index contributed by atoms with van der Waals surface area (Å²) in [4.78, 5) is 31.9. The lowest BCUT2D eigenvalue weighted by atomic mass is 10.0. The van der Waals surface area contributed by atoms with Gasteiger partial charge in [0.1, 0.15) is 17.3 Å². The Hall–Kier alpha value is -3.01. The number of benzene rings is 1. The molecule has 1 fully saturated rings. The number of rotatable bonds is 6. The van der Waals surface area contributed by atoms with E-state index in [0.29, 0.717) is 45.9 Å². The zero-order valence-electron chi connectivity index (χ0n) is 18.9. The van der Waals surface area contributed by atoms with Crippen molar-refractivity contribution in [2.75, 3.05) is 32.6 Å². The number of piperidine rings is 1. The molecule has 9 nitrogen and oxygen atoms in total. The molecule has 1 aliphatic heterocycles. The van der Waals surface area contributed by atoms with Crippen molar-refractivity contribution in [2.45, 2.75) is 25.4 Å². The van der Waals surface area contributed by atoms with Crippen LogP contribution in [0.25, 0.3) is 22.0 Å². The quantitative estimate of drug-likeness (QED) is 0.406. The maximum absolute atomic E-state index is 13.0. The van der Waals surface area contributed by atoms with E-state index < -0.39 is 0 Å². The Morgan fingerprint density at radius 1 is 1.12 bits per heavy atom. The molecule has 0 radical (unpaired) electrons. The fourth-order valence-corrected chi connectivity index (χ4v) is 4.83. The predicted molar refractivity (Wildman–Crippen MR) is 133 cm³/mol. The number of halogens is 2. The summed E-state index contributed by atoms with van der Waals surface area (Å²) in [6, 6.07) is 4.92. The van der Waals surface area contributed by atoms with Crippen LogP contribution in [0.3, 0.4) is 0 Å². The van der Waals surface area contributed by atoms with Crippen molar-refractivity contribution < 1.29 is 14.3 Å². The molecule has 1 amide bonds. The molecule has 1 aliphatic rings. The largest absolute Gasteiger partial charge is 0.495 e. The molecule has 11 heteroatoms. The fraction of sp³-hybridized carbons (Fsp3) is 0.348. The number of aromatic nitrogens is 2. The summed E-state index contributed by atoms with van der Waals surface area (Å²) >= 11 is 13.0. The molecule has 0 aliphatic carbocycles. The van der Waals surface area contributed by atoms with E-state index in [2.05, 4.69) is 25.9 Å². The Morgan fingerprint density at radius 3 is 2.47 bits per heavy atom. The molecule has 0 saturated carbocycles. The maximum Gasteiger partial charge on any atom is 0.256 e. The van der Waals surface area contributed by atoms with Gasteiger partial charge in [-0.1, -0.05) is 23.2 Å². The van der Waals surface area contributed by atoms with Gasteiger partial charge in [-0.05, 0) is 25.1 Å². The second-order valence-corrected chi connectivity index (χ2v) is 8.76. The van der Waals surface area contributed by atoms with Crippen molar-refractivity contribution in [1.82, 2.24) is 20.6 Å². The summed E-state index contributed by atoms with van der Waals surface area (Å²) in [5.41, 5.74) is 0.480. The van der Waals surface area contributed by atoms with Gasteiger partial charge >= 0.3 is 0 Å². The van der Waals surface area contributed by atoms with Gasteiger partial charge in [-0.25, -0.2) is 4.98 Å². The van der Waals surface area contributed by atoms with Crippen molar-refractivity contribution in [3.05, 3.63) is 44.8 Å². The average molecular weight is 506 g/mol. The van der Waals surface area contributed by atoms with Crippen molar-refractivity contribution in [1.29, 1.82) is 0 Å². The molecular formula is C23H25Cl2N5O4. The van der Waals surface area contributed by atoms with Gasteiger partial charge in [-0.15, -0.1) is 0 Å². The Morgan fingerprint density at radius 2 is 1.82 bits per heavy atom. The summed E-state index contributed by atoms with van der Waals surface area (Å²) in [6.07, 6.45) is 2.40. The molecule has 0 spiro atoms. The van der Waals surface area contributed by atoms with Crippen LogP contribution < -0.4 is 31.0 Å². The smallest absolute Gasteiger partial charge is 0.256 e. The van der Waals surface area contributed by atoms with Crippen molar-refractivity contribution in [2.24, 2.45) is 0 Å². The highest BCUT2D eigenvalue weighted by Crippen LogP contribution is 2.45. The van der Waals surface area contributed by atoms with Crippen LogP contribution in [-0.2, 0) is 4.79 Å². The normalized spacial score (nSPS) is 17.9. The maximum atomic E-state index is 13.0. The Bertz CT molecular complexity index is 1270. The van der Waals surface area contributed by atoms with Gasteiger partial charge in [-0.2, -0.15) is 0 Å². The number of ether oxygens (including phenoxy) is 2. The predicted octanol–water partition coefficient (Wildman–Crippen LogP) is 3.19. The molecule has 2 aromatic heterocycles. The van der Waals surface area contributed by atoms with Crippen LogP contribution in [0.4, 0.5) is 5.82 Å². The third kappa shape index (κ3) is 4.77. The Kier molecular flexibility index (Phi) is 7.16. The lowest BCUT2D eigenvalue weighted by molar-refractivity contribution is -0.119. The van der Waals surface area contributed by atoms with Crippen molar-refractivity contribution in [3.63, 3.8) is 0 Å². The van der Waals surface area contributed by atoms with Crippen LogP contribution in [0.15, 0.2) is 29.2 Å². The summed E-state index contributed by atoms with van der Waals surface area (Å²) in [5.74, 6) is 1.19. The zero-order valence-corrected chi connectivity index (χ0v) is 20.4. The van der Waals surface area contributed by atoms with Gasteiger partial charge in [0.2, 0.25) is 5.91 Å². The van der Waals surface area contributed by atoms with Gasteiger partial charge < -0.3 is 30.4 Å². The zero-order chi connectivity index (χ0) is 24.4. The fourth-order valence-electron chi connectivity index (χ4n) is 4.13. The third-order valence-electron chi connectivity index (χ3n) is 5.77. The van der Waals surface area contributed by atoms with Crippen LogP contribution in [0.1, 0.15) is 13.3 Å². The van der Waals surface area contributed by atoms with Gasteiger partial charge in [0, 0.05) is 36.7 Å². The average Bonchev–Trinajstić information content (AvgIpc) is 2.81. The molecule has 4 N–H and O–H groups in total. The molecule has 0 unspecified atom stereocenters. The first-order valence-corrected chi connectivity index (χ1v) is 11.5. The number of nitrogens with one attached hydrogen (secondary N) is 4. The first-order chi connectivity index (χ1) is 16.3. The first-order valence-electron chi connectivity index (χ1n) is 10.7. The van der Waals surface area contributed by atoms with E-state index >= 15 is 0 Å². The number of nitrogens with zero attached hydrogens (tertiary/aromatic N) is 1. The van der Waals surface area contributed by atoms with Crippen LogP contribution >= 0.6 is 23.2 Å². The summed E-state index contributed by atoms with van der Waals surface area (Å²) in [5, 5.41) is 11.2. The molecule has 4 rings (SSSR count). The van der Waals surface area contributed by atoms with Gasteiger partial charge in [-0.3, -0.25) is 9.59 Å². The molecular weight excluding hydrogens is 481 g/mol. The molecule has 3 heterocycles. The number of carbonyl (C=O) groups is 1. The third-order valence-corrected chi connectivity index (χ3v) is 6.52. The highest BCUT2D eigenvalue weighted by atomic mass is 35.5. The second kappa shape index (κ2) is 10.1. The van der Waals surface area contributed by atoms with E-state index in [1.165, 1.54) is 21.1 Å². The Labute approximate surface area is 206 Å². The lowest BCUT2D eigenvalue weighted by Gasteiger charge is -2.33. The SMILES string of the molecule is COc1cc(OC)c(Cl)c(-c2cc3cnc(N[C@@H]4CNCC[C@@H]4NC(C)=O)cc3c(=O)[nH]2)c1Cl. The molecule has 34 heavy (non-hydrogen) atoms. The van der Waals surface area contributed by atoms with E-state index in [-0.39, 0.29) is 33.6 Å². The summed E-state index contributed by atoms with van der Waals surface area (Å²) in [6.45, 7) is 2.98. The lowest BCUT2D eigenvalue weighted by Crippen LogP contribution is -2.55. The topological polar surface area (TPSA) is 117 Å². The number of methoxy groups -OCH3 is 2. The molecule has 1 aromatic carbocycles. The van der Waals surface area contributed by atoms with E-state index in [4.69, 9.17) is 32.7 Å². The monoisotopic (exact) mass is 505 g/mol. The summed E-state index contributed by atoms with van der Waals surface area (Å²) < 4.78 is 10.7. The highest BCUT2D eigenvalue weighted by molar-refractivity contribution is 6.41. The number of hydrogen-bond acceptors (Lipinski definition) is 7. The van der Waals surface area contributed by atoms with Crippen LogP contribution in [-0.4, -0.2) is 55.3 Å². The molecule has 3 aromatic rings. The van der Waals surface area contributed by atoms with E-state index in [0.717, 1.165) is 13.0 Å². The van der Waals surface area contributed by atoms with Crippen LogP contribution in [0.5, 0.6) is 11.5 Å². The number of fused-ring (bicyclic) bond motifs is 1. The number of hydrogen-bond donors (Lipinski definition) is 4. The minimum Gasteiger partial charge on any atom is -0.495 e. The number of carbonyl (C=O) groups excluding carboxylic acids is 1. The van der Waals surface area contributed by atoms with Gasteiger partial charge in [0.25, 0.3) is 5.56 Å². The number of H-pyrrole nitrogens is 1. The Balaban J connectivity index is 1.71. The van der Waals surface area contributed by atoms with Gasteiger partial charge in [0.05, 0.1) is 47.4 Å². The molecule has 1 saturated heterocycles. The summed E-state index contributed by atoms with van der Waals surface area (Å²) in [7, 11) is 2.97. The van der Waals surface area contributed by atoms with E-state index in [1.54, 1.807) is 24.4 Å². The molecule has 180 valence electrons. The highest BCUT2D eigenvalue weighted by Gasteiger charge is 2.26. The van der Waals surface area contributed by atoms with E-state index in [9.17, 15) is 9.59 Å². The minimum atomic E-state index is -0.327. The number of pyridine rings is 2. The van der Waals surface area contributed by atoms with Crippen molar-refractivity contribution in [3.8, 4) is 22.8 Å². The molecule has 2 atom stereocenters. The molecule has 0 bridgehead atoms. The first kappa shape index (κ1) is 24.1. The van der Waals surface area contributed by atoms with Crippen molar-refractivity contribution >= 4 is 45.7 Å². The van der Waals surface area contributed by atoms with E-state index in [1.807, 2.05) is 0 Å². The number of anilines is 1. The number of amides is 1. The van der Waals surface area contributed by atoms with Crippen LogP contribution in [0.2, 0.25) is 10.0 Å². The van der Waals surface area contributed by atoms with Gasteiger partial charge in [0.15, 0.2) is 0 Å².